The maximum absolute atomic E-state index is 11.3. The summed E-state index contributed by atoms with van der Waals surface area (Å²) in [5, 5.41) is 6.93. The molecule has 3 aromatic rings. The van der Waals surface area contributed by atoms with Crippen LogP contribution in [-0.2, 0) is 11.3 Å². The second-order valence-electron chi connectivity index (χ2n) is 6.94. The zero-order valence-electron chi connectivity index (χ0n) is 16.4. The van der Waals surface area contributed by atoms with E-state index in [4.69, 9.17) is 12.2 Å². The molecule has 0 aliphatic carbocycles. The molecule has 1 aromatic carbocycles. The average Bonchev–Trinajstić information content (AvgIpc) is 3.32. The van der Waals surface area contributed by atoms with Gasteiger partial charge in [0.2, 0.25) is 5.91 Å². The van der Waals surface area contributed by atoms with Gasteiger partial charge in [0.15, 0.2) is 5.11 Å². The summed E-state index contributed by atoms with van der Waals surface area (Å²) in [5.74, 6) is -0.0926. The minimum Gasteiger partial charge on any atom is -0.351 e. The van der Waals surface area contributed by atoms with E-state index in [2.05, 4.69) is 50.3 Å². The van der Waals surface area contributed by atoms with Crippen molar-refractivity contribution in [2.45, 2.75) is 32.5 Å². The summed E-state index contributed by atoms with van der Waals surface area (Å²) in [6.45, 7) is 4.50. The Balaban J connectivity index is 1.77. The van der Waals surface area contributed by atoms with Gasteiger partial charge in [0.1, 0.15) is 6.04 Å². The lowest BCUT2D eigenvalue weighted by Gasteiger charge is -2.29. The Morgan fingerprint density at radius 1 is 1.17 bits per heavy atom. The molecule has 1 aliphatic heterocycles. The van der Waals surface area contributed by atoms with Crippen molar-refractivity contribution in [1.82, 2.24) is 14.9 Å². The predicted molar refractivity (Wildman–Crippen MR) is 119 cm³/mol. The zero-order valence-corrected chi connectivity index (χ0v) is 17.2. The first-order valence-corrected chi connectivity index (χ1v) is 10.0. The molecular weight excluding hydrogens is 382 g/mol. The topological polar surface area (TPSA) is 62.2 Å². The average molecular weight is 406 g/mol. The van der Waals surface area contributed by atoms with Crippen LogP contribution in [0.2, 0.25) is 0 Å². The fraction of sp³-hybridized carbons (Fsp3) is 0.227. The van der Waals surface area contributed by atoms with Crippen molar-refractivity contribution in [1.29, 1.82) is 0 Å². The molecule has 0 bridgehead atoms. The molecule has 1 saturated heterocycles. The van der Waals surface area contributed by atoms with Gasteiger partial charge in [-0.3, -0.25) is 9.78 Å². The molecule has 1 aliphatic rings. The van der Waals surface area contributed by atoms with Crippen molar-refractivity contribution in [3.63, 3.8) is 0 Å². The van der Waals surface area contributed by atoms with Crippen LogP contribution in [0.1, 0.15) is 37.3 Å². The first-order chi connectivity index (χ1) is 14.1. The second kappa shape index (κ2) is 8.05. The summed E-state index contributed by atoms with van der Waals surface area (Å²) in [5.41, 5.74) is 3.83. The first kappa shape index (κ1) is 19.1. The molecular formula is C22H23N5OS. The fourth-order valence-electron chi connectivity index (χ4n) is 3.83. The van der Waals surface area contributed by atoms with Crippen molar-refractivity contribution in [3.05, 3.63) is 78.4 Å². The number of thiocarbonyl (C=S) groups is 1. The standard InChI is InChI=1S/C22H23N5OS/c1-3-26-14-6-8-19(26)21-20(18-7-4-5-13-23-18)25-22(29)27(21)17-11-9-16(10-12-17)24-15(2)28/h4-14,20-21H,3H2,1-2H3,(H,24,28)(H,25,29)/t20-,21-/m1/s1. The van der Waals surface area contributed by atoms with E-state index in [1.54, 1.807) is 6.20 Å². The van der Waals surface area contributed by atoms with Gasteiger partial charge in [-0.2, -0.15) is 0 Å². The fourth-order valence-corrected chi connectivity index (χ4v) is 4.17. The van der Waals surface area contributed by atoms with Gasteiger partial charge in [0.05, 0.1) is 11.7 Å². The first-order valence-electron chi connectivity index (χ1n) is 9.62. The van der Waals surface area contributed by atoms with E-state index in [0.717, 1.165) is 23.6 Å². The van der Waals surface area contributed by atoms with Crippen molar-refractivity contribution in [3.8, 4) is 0 Å². The Bertz CT molecular complexity index is 1020. The van der Waals surface area contributed by atoms with Crippen molar-refractivity contribution in [2.75, 3.05) is 10.2 Å². The monoisotopic (exact) mass is 405 g/mol. The number of aromatic nitrogens is 2. The van der Waals surface area contributed by atoms with Gasteiger partial charge in [-0.1, -0.05) is 6.07 Å². The van der Waals surface area contributed by atoms with Crippen LogP contribution >= 0.6 is 12.2 Å². The van der Waals surface area contributed by atoms with Gasteiger partial charge < -0.3 is 20.1 Å². The van der Waals surface area contributed by atoms with Gasteiger partial charge >= 0.3 is 0 Å². The summed E-state index contributed by atoms with van der Waals surface area (Å²) in [6.07, 6.45) is 3.89. The molecule has 0 radical (unpaired) electrons. The van der Waals surface area contributed by atoms with Crippen LogP contribution < -0.4 is 15.5 Å². The molecule has 2 atom stereocenters. The molecule has 7 heteroatoms. The number of rotatable bonds is 5. The van der Waals surface area contributed by atoms with Crippen LogP contribution in [0.4, 0.5) is 11.4 Å². The molecule has 6 nitrogen and oxygen atoms in total. The van der Waals surface area contributed by atoms with Gasteiger partial charge in [0, 0.05) is 42.9 Å². The molecule has 4 rings (SSSR count). The molecule has 0 unspecified atom stereocenters. The molecule has 0 saturated carbocycles. The summed E-state index contributed by atoms with van der Waals surface area (Å²) < 4.78 is 2.23. The number of amides is 1. The lowest BCUT2D eigenvalue weighted by Crippen LogP contribution is -2.30. The third-order valence-electron chi connectivity index (χ3n) is 5.07. The Morgan fingerprint density at radius 2 is 1.97 bits per heavy atom. The number of nitrogens with one attached hydrogen (secondary N) is 2. The van der Waals surface area contributed by atoms with Crippen molar-refractivity contribution < 1.29 is 4.79 Å². The second-order valence-corrected chi connectivity index (χ2v) is 7.33. The number of benzene rings is 1. The van der Waals surface area contributed by atoms with Gasteiger partial charge in [-0.25, -0.2) is 0 Å². The number of hydrogen-bond donors (Lipinski definition) is 2. The van der Waals surface area contributed by atoms with E-state index in [1.165, 1.54) is 12.6 Å². The zero-order chi connectivity index (χ0) is 20.4. The lowest BCUT2D eigenvalue weighted by atomic mass is 10.0. The molecule has 2 aromatic heterocycles. The van der Waals surface area contributed by atoms with E-state index in [0.29, 0.717) is 5.11 Å². The summed E-state index contributed by atoms with van der Waals surface area (Å²) in [4.78, 5) is 18.0. The highest BCUT2D eigenvalue weighted by Crippen LogP contribution is 2.41. The van der Waals surface area contributed by atoms with E-state index in [-0.39, 0.29) is 18.0 Å². The van der Waals surface area contributed by atoms with Crippen LogP contribution in [0.25, 0.3) is 0 Å². The number of aryl methyl sites for hydroxylation is 1. The van der Waals surface area contributed by atoms with E-state index < -0.39 is 0 Å². The van der Waals surface area contributed by atoms with Gasteiger partial charge in [-0.05, 0) is 67.7 Å². The van der Waals surface area contributed by atoms with Crippen LogP contribution in [0.5, 0.6) is 0 Å². The summed E-state index contributed by atoms with van der Waals surface area (Å²) in [6, 6.07) is 17.8. The van der Waals surface area contributed by atoms with Crippen LogP contribution in [-0.4, -0.2) is 20.6 Å². The molecule has 0 spiro atoms. The number of pyridine rings is 1. The predicted octanol–water partition coefficient (Wildman–Crippen LogP) is 4.04. The maximum Gasteiger partial charge on any atom is 0.221 e. The van der Waals surface area contributed by atoms with Gasteiger partial charge in [0.25, 0.3) is 0 Å². The van der Waals surface area contributed by atoms with E-state index in [1.807, 2.05) is 42.5 Å². The Hall–Kier alpha value is -3.19. The summed E-state index contributed by atoms with van der Waals surface area (Å²) in [7, 11) is 0. The minimum atomic E-state index is -0.0926. The Morgan fingerprint density at radius 3 is 2.62 bits per heavy atom. The Labute approximate surface area is 175 Å². The molecule has 29 heavy (non-hydrogen) atoms. The van der Waals surface area contributed by atoms with Crippen molar-refractivity contribution >= 4 is 34.6 Å². The number of anilines is 2. The van der Waals surface area contributed by atoms with E-state index >= 15 is 0 Å². The smallest absolute Gasteiger partial charge is 0.221 e. The largest absolute Gasteiger partial charge is 0.351 e. The molecule has 1 fully saturated rings. The third kappa shape index (κ3) is 3.73. The third-order valence-corrected chi connectivity index (χ3v) is 5.39. The lowest BCUT2D eigenvalue weighted by molar-refractivity contribution is -0.114. The number of hydrogen-bond acceptors (Lipinski definition) is 3. The summed E-state index contributed by atoms with van der Waals surface area (Å²) >= 11 is 5.74. The molecule has 148 valence electrons. The SMILES string of the molecule is CCn1cccc1[C@@H]1[C@@H](c2ccccn2)NC(=S)N1c1ccc(NC(C)=O)cc1. The molecule has 3 heterocycles. The Kier molecular flexibility index (Phi) is 5.31. The highest BCUT2D eigenvalue weighted by atomic mass is 32.1. The molecule has 1 amide bonds. The number of carbonyl (C=O) groups is 1. The van der Waals surface area contributed by atoms with Crippen LogP contribution in [0.15, 0.2) is 67.0 Å². The van der Waals surface area contributed by atoms with Crippen molar-refractivity contribution in [2.24, 2.45) is 0 Å². The van der Waals surface area contributed by atoms with E-state index in [9.17, 15) is 4.79 Å². The van der Waals surface area contributed by atoms with Gasteiger partial charge in [-0.15, -0.1) is 0 Å². The number of carbonyl (C=O) groups excluding carboxylic acids is 1. The highest BCUT2D eigenvalue weighted by molar-refractivity contribution is 7.80. The quantitative estimate of drug-likeness (QED) is 0.628. The number of nitrogens with zero attached hydrogens (tertiary/aromatic N) is 3. The van der Waals surface area contributed by atoms with Crippen LogP contribution in [0, 0.1) is 0 Å². The maximum atomic E-state index is 11.3. The minimum absolute atomic E-state index is 0.0426. The molecule has 2 N–H and O–H groups in total. The normalized spacial score (nSPS) is 18.6. The highest BCUT2D eigenvalue weighted by Gasteiger charge is 2.41. The van der Waals surface area contributed by atoms with Crippen LogP contribution in [0.3, 0.4) is 0 Å².